The van der Waals surface area contributed by atoms with Gasteiger partial charge in [-0.15, -0.1) is 0 Å². The molecule has 130 valence electrons. The lowest BCUT2D eigenvalue weighted by atomic mass is 10.1. The topological polar surface area (TPSA) is 77.8 Å². The van der Waals surface area contributed by atoms with Crippen molar-refractivity contribution in [3.63, 3.8) is 0 Å². The van der Waals surface area contributed by atoms with Gasteiger partial charge < -0.3 is 19.2 Å². The molecular formula is C18H23NO5. The number of para-hydroxylation sites is 1. The minimum Gasteiger partial charge on any atom is -0.450 e. The number of carbonyl (C=O) groups excluding carboxylic acids is 2. The van der Waals surface area contributed by atoms with Crippen molar-refractivity contribution < 1.29 is 23.5 Å². The minimum atomic E-state index is -0.666. The quantitative estimate of drug-likeness (QED) is 0.751. The zero-order chi connectivity index (χ0) is 17.5. The molecule has 2 aromatic rings. The number of nitrogens with one attached hydrogen (secondary N) is 1. The SMILES string of the molecule is CCOCc1c(C(=O)OCC(=O)N[C@@H](C)CC)oc2ccccc12. The number of rotatable bonds is 8. The molecule has 1 heterocycles. The first-order valence-electron chi connectivity index (χ1n) is 8.11. The van der Waals surface area contributed by atoms with Crippen molar-refractivity contribution in [2.75, 3.05) is 13.2 Å². The maximum absolute atomic E-state index is 12.3. The summed E-state index contributed by atoms with van der Waals surface area (Å²) in [5, 5.41) is 3.55. The first kappa shape index (κ1) is 18.0. The highest BCUT2D eigenvalue weighted by Crippen LogP contribution is 2.27. The molecule has 1 N–H and O–H groups in total. The lowest BCUT2D eigenvalue weighted by Crippen LogP contribution is -2.35. The Morgan fingerprint density at radius 1 is 1.25 bits per heavy atom. The number of esters is 1. The van der Waals surface area contributed by atoms with Gasteiger partial charge in [-0.25, -0.2) is 4.79 Å². The van der Waals surface area contributed by atoms with E-state index >= 15 is 0 Å². The number of carbonyl (C=O) groups is 2. The normalized spacial score (nSPS) is 12.1. The fraction of sp³-hybridized carbons (Fsp3) is 0.444. The number of benzene rings is 1. The van der Waals surface area contributed by atoms with E-state index < -0.39 is 5.97 Å². The van der Waals surface area contributed by atoms with Crippen molar-refractivity contribution in [1.29, 1.82) is 0 Å². The molecule has 1 amide bonds. The third-order valence-corrected chi connectivity index (χ3v) is 3.69. The van der Waals surface area contributed by atoms with Gasteiger partial charge in [-0.2, -0.15) is 0 Å². The highest BCUT2D eigenvalue weighted by atomic mass is 16.5. The molecule has 6 heteroatoms. The van der Waals surface area contributed by atoms with Crippen LogP contribution >= 0.6 is 0 Å². The smallest absolute Gasteiger partial charge is 0.375 e. The molecule has 0 fully saturated rings. The molecule has 2 rings (SSSR count). The van der Waals surface area contributed by atoms with Crippen LogP contribution in [0.1, 0.15) is 43.3 Å². The summed E-state index contributed by atoms with van der Waals surface area (Å²) in [6.07, 6.45) is 0.807. The summed E-state index contributed by atoms with van der Waals surface area (Å²) in [5.74, 6) is -0.915. The summed E-state index contributed by atoms with van der Waals surface area (Å²) in [5.41, 5.74) is 1.22. The van der Waals surface area contributed by atoms with Crippen LogP contribution in [-0.2, 0) is 20.9 Å². The van der Waals surface area contributed by atoms with E-state index in [1.165, 1.54) is 0 Å². The molecule has 1 atom stereocenters. The number of hydrogen-bond acceptors (Lipinski definition) is 5. The van der Waals surface area contributed by atoms with Crippen LogP contribution in [0.4, 0.5) is 0 Å². The lowest BCUT2D eigenvalue weighted by Gasteiger charge is -2.11. The van der Waals surface area contributed by atoms with Gasteiger partial charge in [0.15, 0.2) is 6.61 Å². The predicted molar refractivity (Wildman–Crippen MR) is 89.7 cm³/mol. The Bertz CT molecular complexity index is 706. The highest BCUT2D eigenvalue weighted by Gasteiger charge is 2.22. The van der Waals surface area contributed by atoms with E-state index in [1.54, 1.807) is 6.07 Å². The van der Waals surface area contributed by atoms with Gasteiger partial charge in [0, 0.05) is 23.6 Å². The fourth-order valence-electron chi connectivity index (χ4n) is 2.23. The Hall–Kier alpha value is -2.34. The predicted octanol–water partition coefficient (Wildman–Crippen LogP) is 3.04. The first-order valence-corrected chi connectivity index (χ1v) is 8.11. The van der Waals surface area contributed by atoms with E-state index in [4.69, 9.17) is 13.9 Å². The largest absolute Gasteiger partial charge is 0.450 e. The maximum Gasteiger partial charge on any atom is 0.375 e. The number of hydrogen-bond donors (Lipinski definition) is 1. The molecule has 0 aliphatic carbocycles. The van der Waals surface area contributed by atoms with Crippen LogP contribution in [0.2, 0.25) is 0 Å². The summed E-state index contributed by atoms with van der Waals surface area (Å²) in [6, 6.07) is 7.36. The van der Waals surface area contributed by atoms with E-state index in [0.29, 0.717) is 17.8 Å². The van der Waals surface area contributed by atoms with Crippen molar-refractivity contribution in [1.82, 2.24) is 5.32 Å². The van der Waals surface area contributed by atoms with Gasteiger partial charge >= 0.3 is 5.97 Å². The average Bonchev–Trinajstić information content (AvgIpc) is 2.96. The zero-order valence-electron chi connectivity index (χ0n) is 14.3. The molecule has 1 aromatic carbocycles. The highest BCUT2D eigenvalue weighted by molar-refractivity contribution is 5.96. The molecule has 24 heavy (non-hydrogen) atoms. The van der Waals surface area contributed by atoms with Gasteiger partial charge in [-0.1, -0.05) is 25.1 Å². The van der Waals surface area contributed by atoms with Crippen LogP contribution in [0.15, 0.2) is 28.7 Å². The van der Waals surface area contributed by atoms with Crippen LogP contribution in [0, 0.1) is 0 Å². The van der Waals surface area contributed by atoms with Crippen molar-refractivity contribution in [3.8, 4) is 0 Å². The third kappa shape index (κ3) is 4.35. The minimum absolute atomic E-state index is 0.0379. The van der Waals surface area contributed by atoms with E-state index in [9.17, 15) is 9.59 Å². The Morgan fingerprint density at radius 3 is 2.71 bits per heavy atom. The molecule has 0 aliphatic heterocycles. The van der Waals surface area contributed by atoms with Crippen molar-refractivity contribution in [3.05, 3.63) is 35.6 Å². The molecule has 0 spiro atoms. The summed E-state index contributed by atoms with van der Waals surface area (Å²) >= 11 is 0. The second-order valence-electron chi connectivity index (χ2n) is 5.50. The second kappa shape index (κ2) is 8.49. The summed E-state index contributed by atoms with van der Waals surface area (Å²) in [4.78, 5) is 24.0. The Balaban J connectivity index is 2.12. The monoisotopic (exact) mass is 333 g/mol. The van der Waals surface area contributed by atoms with Crippen LogP contribution in [-0.4, -0.2) is 31.1 Å². The van der Waals surface area contributed by atoms with E-state index in [-0.39, 0.29) is 30.9 Å². The summed E-state index contributed by atoms with van der Waals surface area (Å²) in [6.45, 7) is 6.15. The van der Waals surface area contributed by atoms with Crippen molar-refractivity contribution in [2.24, 2.45) is 0 Å². The van der Waals surface area contributed by atoms with E-state index in [0.717, 1.165) is 11.8 Å². The molecule has 6 nitrogen and oxygen atoms in total. The van der Waals surface area contributed by atoms with Gasteiger partial charge in [0.1, 0.15) is 5.58 Å². The second-order valence-corrected chi connectivity index (χ2v) is 5.50. The zero-order valence-corrected chi connectivity index (χ0v) is 14.3. The number of amides is 1. The van der Waals surface area contributed by atoms with Gasteiger partial charge in [0.2, 0.25) is 5.76 Å². The van der Waals surface area contributed by atoms with Crippen LogP contribution < -0.4 is 5.32 Å². The maximum atomic E-state index is 12.3. The Morgan fingerprint density at radius 2 is 2.00 bits per heavy atom. The molecule has 0 bridgehead atoms. The van der Waals surface area contributed by atoms with Crippen molar-refractivity contribution >= 4 is 22.8 Å². The third-order valence-electron chi connectivity index (χ3n) is 3.69. The Kier molecular flexibility index (Phi) is 6.37. The number of furan rings is 1. The van der Waals surface area contributed by atoms with Gasteiger partial charge in [-0.05, 0) is 26.3 Å². The summed E-state index contributed by atoms with van der Waals surface area (Å²) in [7, 11) is 0. The average molecular weight is 333 g/mol. The van der Waals surface area contributed by atoms with Gasteiger partial charge in [0.05, 0.1) is 6.61 Å². The van der Waals surface area contributed by atoms with E-state index in [2.05, 4.69) is 5.32 Å². The van der Waals surface area contributed by atoms with Crippen LogP contribution in [0.3, 0.4) is 0 Å². The van der Waals surface area contributed by atoms with Crippen LogP contribution in [0.25, 0.3) is 11.0 Å². The number of fused-ring (bicyclic) bond motifs is 1. The molecule has 0 aliphatic rings. The molecular weight excluding hydrogens is 310 g/mol. The Labute approximate surface area is 141 Å². The first-order chi connectivity index (χ1) is 11.6. The molecule has 0 unspecified atom stereocenters. The molecule has 0 saturated carbocycles. The molecule has 0 saturated heterocycles. The van der Waals surface area contributed by atoms with E-state index in [1.807, 2.05) is 39.0 Å². The standard InChI is InChI=1S/C18H23NO5/c1-4-12(3)19-16(20)11-23-18(21)17-14(10-22-5-2)13-8-6-7-9-15(13)24-17/h6-9,12H,4-5,10-11H2,1-3H3,(H,19,20)/t12-/m0/s1. The molecule has 1 aromatic heterocycles. The number of ether oxygens (including phenoxy) is 2. The fourth-order valence-corrected chi connectivity index (χ4v) is 2.23. The summed E-state index contributed by atoms with van der Waals surface area (Å²) < 4.78 is 16.1. The molecule has 0 radical (unpaired) electrons. The van der Waals surface area contributed by atoms with Crippen molar-refractivity contribution in [2.45, 2.75) is 39.8 Å². The van der Waals surface area contributed by atoms with Gasteiger partial charge in [0.25, 0.3) is 5.91 Å². The van der Waals surface area contributed by atoms with Crippen LogP contribution in [0.5, 0.6) is 0 Å². The van der Waals surface area contributed by atoms with Gasteiger partial charge in [-0.3, -0.25) is 4.79 Å². The lowest BCUT2D eigenvalue weighted by molar-refractivity contribution is -0.124.